The van der Waals surface area contributed by atoms with Crippen molar-refractivity contribution >= 4 is 11.7 Å². The zero-order chi connectivity index (χ0) is 26.7. The van der Waals surface area contributed by atoms with Crippen molar-refractivity contribution in [2.45, 2.75) is 18.9 Å². The minimum Gasteiger partial charge on any atom is -0.493 e. The molecule has 3 rings (SSSR count). The van der Waals surface area contributed by atoms with Crippen LogP contribution in [0.25, 0.3) is 0 Å². The second-order valence-corrected chi connectivity index (χ2v) is 7.16. The number of ether oxygens (including phenoxy) is 3. The number of benzene rings is 2. The maximum absolute atomic E-state index is 13.2. The van der Waals surface area contributed by atoms with Crippen molar-refractivity contribution in [1.82, 2.24) is 14.9 Å². The summed E-state index contributed by atoms with van der Waals surface area (Å²) in [7, 11) is 4.13. The summed E-state index contributed by atoms with van der Waals surface area (Å²) in [5.41, 5.74) is -3.46. The summed E-state index contributed by atoms with van der Waals surface area (Å²) in [5, 5.41) is 10.2. The largest absolute Gasteiger partial charge is 0.493 e. The molecular formula is C21H19F6N5O4. The van der Waals surface area contributed by atoms with E-state index in [2.05, 4.69) is 15.5 Å². The predicted molar refractivity (Wildman–Crippen MR) is 114 cm³/mol. The van der Waals surface area contributed by atoms with Crippen molar-refractivity contribution in [2.24, 2.45) is 0 Å². The maximum atomic E-state index is 13.2. The number of carbonyl (C=O) groups excluding carboxylic acids is 1. The highest BCUT2D eigenvalue weighted by molar-refractivity contribution is 5.96. The second-order valence-electron chi connectivity index (χ2n) is 7.16. The first-order chi connectivity index (χ1) is 16.9. The van der Waals surface area contributed by atoms with E-state index in [0.717, 1.165) is 22.3 Å². The number of hydrogen-bond acceptors (Lipinski definition) is 6. The van der Waals surface area contributed by atoms with Crippen molar-refractivity contribution in [2.75, 3.05) is 31.7 Å². The van der Waals surface area contributed by atoms with E-state index < -0.39 is 35.2 Å². The third-order valence-corrected chi connectivity index (χ3v) is 4.82. The third kappa shape index (κ3) is 5.90. The SMILES string of the molecule is COc1cc(CN(C(=O)Nc2cc(C(F)(F)F)cc(C(F)(F)F)c2)n2cnnc2)cc(OC)c1OC. The molecule has 0 unspecified atom stereocenters. The first-order valence-corrected chi connectivity index (χ1v) is 9.89. The van der Waals surface area contributed by atoms with E-state index in [0.29, 0.717) is 17.7 Å². The van der Waals surface area contributed by atoms with Gasteiger partial charge in [0.2, 0.25) is 5.75 Å². The summed E-state index contributed by atoms with van der Waals surface area (Å²) in [5.74, 6) is 0.778. The number of rotatable bonds is 7. The molecule has 0 aliphatic heterocycles. The molecular weight excluding hydrogens is 500 g/mol. The van der Waals surface area contributed by atoms with Crippen LogP contribution in [0.5, 0.6) is 17.2 Å². The number of aromatic nitrogens is 3. The lowest BCUT2D eigenvalue weighted by atomic mass is 10.1. The first-order valence-electron chi connectivity index (χ1n) is 9.89. The number of nitrogens with zero attached hydrogens (tertiary/aromatic N) is 4. The van der Waals surface area contributed by atoms with Crippen LogP contribution in [0.1, 0.15) is 16.7 Å². The zero-order valence-corrected chi connectivity index (χ0v) is 18.9. The number of amides is 2. The standard InChI is InChI=1S/C21H19F6N5O4/c1-34-16-4-12(5-17(35-2)18(16)36-3)9-32(31-10-28-29-11-31)19(33)30-15-7-13(20(22,23)24)6-14(8-15)21(25,26)27/h4-8,10-11H,9H2,1-3H3,(H,30,33). The van der Waals surface area contributed by atoms with Gasteiger partial charge in [0.15, 0.2) is 11.5 Å². The average molecular weight is 519 g/mol. The summed E-state index contributed by atoms with van der Waals surface area (Å²) in [6.07, 6.45) is -7.93. The fourth-order valence-corrected chi connectivity index (χ4v) is 3.19. The van der Waals surface area contributed by atoms with Crippen LogP contribution >= 0.6 is 0 Å². The minimum absolute atomic E-state index is 0.0386. The maximum Gasteiger partial charge on any atom is 0.416 e. The molecule has 15 heteroatoms. The Balaban J connectivity index is 1.99. The van der Waals surface area contributed by atoms with Crippen LogP contribution < -0.4 is 24.5 Å². The van der Waals surface area contributed by atoms with Crippen molar-refractivity contribution in [3.05, 3.63) is 59.7 Å². The van der Waals surface area contributed by atoms with E-state index in [-0.39, 0.29) is 29.9 Å². The molecule has 0 atom stereocenters. The number of carbonyl (C=O) groups is 1. The Labute approximate surface area is 200 Å². The fraction of sp³-hybridized carbons (Fsp3) is 0.286. The van der Waals surface area contributed by atoms with Gasteiger partial charge < -0.3 is 19.5 Å². The van der Waals surface area contributed by atoms with Crippen LogP contribution in [0.2, 0.25) is 0 Å². The number of anilines is 1. The monoisotopic (exact) mass is 519 g/mol. The van der Waals surface area contributed by atoms with E-state index in [1.54, 1.807) is 0 Å². The molecule has 2 amide bonds. The Bertz CT molecular complexity index is 1160. The lowest BCUT2D eigenvalue weighted by Crippen LogP contribution is -2.42. The molecule has 0 spiro atoms. The molecule has 1 heterocycles. The number of urea groups is 1. The second kappa shape index (κ2) is 10.2. The van der Waals surface area contributed by atoms with E-state index in [4.69, 9.17) is 14.2 Å². The lowest BCUT2D eigenvalue weighted by molar-refractivity contribution is -0.143. The Hall–Kier alpha value is -4.17. The highest BCUT2D eigenvalue weighted by Crippen LogP contribution is 2.39. The van der Waals surface area contributed by atoms with Crippen molar-refractivity contribution in [3.63, 3.8) is 0 Å². The Morgan fingerprint density at radius 1 is 0.861 bits per heavy atom. The molecule has 0 saturated heterocycles. The molecule has 36 heavy (non-hydrogen) atoms. The highest BCUT2D eigenvalue weighted by Gasteiger charge is 2.37. The van der Waals surface area contributed by atoms with Crippen LogP contribution in [0.15, 0.2) is 43.0 Å². The summed E-state index contributed by atoms with van der Waals surface area (Å²) in [4.78, 5) is 13.1. The first kappa shape index (κ1) is 26.4. The average Bonchev–Trinajstić information content (AvgIpc) is 3.34. The van der Waals surface area contributed by atoms with Crippen LogP contribution in [0, 0.1) is 0 Å². The Kier molecular flexibility index (Phi) is 7.50. The number of hydrogen-bond donors (Lipinski definition) is 1. The van der Waals surface area contributed by atoms with Crippen LogP contribution in [-0.4, -0.2) is 42.2 Å². The van der Waals surface area contributed by atoms with E-state index in [9.17, 15) is 31.1 Å². The summed E-state index contributed by atoms with van der Waals surface area (Å²) in [6, 6.07) is 2.71. The molecule has 2 aromatic carbocycles. The van der Waals surface area contributed by atoms with Gasteiger partial charge in [0.05, 0.1) is 39.0 Å². The Morgan fingerprint density at radius 3 is 1.78 bits per heavy atom. The lowest BCUT2D eigenvalue weighted by Gasteiger charge is -2.24. The quantitative estimate of drug-likeness (QED) is 0.455. The molecule has 1 aromatic heterocycles. The summed E-state index contributed by atoms with van der Waals surface area (Å²) >= 11 is 0. The topological polar surface area (TPSA) is 90.7 Å². The normalized spacial score (nSPS) is 11.7. The van der Waals surface area contributed by atoms with Gasteiger partial charge in [0.1, 0.15) is 12.7 Å². The van der Waals surface area contributed by atoms with Gasteiger partial charge in [-0.3, -0.25) is 0 Å². The van der Waals surface area contributed by atoms with Gasteiger partial charge in [-0.25, -0.2) is 14.5 Å². The van der Waals surface area contributed by atoms with Crippen LogP contribution in [-0.2, 0) is 18.9 Å². The predicted octanol–water partition coefficient (Wildman–Crippen LogP) is 4.71. The van der Waals surface area contributed by atoms with Crippen LogP contribution in [0.3, 0.4) is 0 Å². The molecule has 9 nitrogen and oxygen atoms in total. The molecule has 0 aliphatic carbocycles. The molecule has 3 aromatic rings. The number of methoxy groups -OCH3 is 3. The molecule has 0 bridgehead atoms. The van der Waals surface area contributed by atoms with Gasteiger partial charge in [-0.2, -0.15) is 26.3 Å². The number of halogens is 6. The van der Waals surface area contributed by atoms with E-state index in [1.807, 2.05) is 0 Å². The van der Waals surface area contributed by atoms with Crippen molar-refractivity contribution < 1.29 is 45.3 Å². The summed E-state index contributed by atoms with van der Waals surface area (Å²) in [6.45, 7) is -0.244. The number of alkyl halides is 6. The van der Waals surface area contributed by atoms with Gasteiger partial charge in [-0.1, -0.05) is 0 Å². The van der Waals surface area contributed by atoms with E-state index >= 15 is 0 Å². The van der Waals surface area contributed by atoms with Gasteiger partial charge in [-0.15, -0.1) is 10.2 Å². The fourth-order valence-electron chi connectivity index (χ4n) is 3.19. The minimum atomic E-state index is -5.08. The van der Waals surface area contributed by atoms with Crippen LogP contribution in [0.4, 0.5) is 36.8 Å². The van der Waals surface area contributed by atoms with Gasteiger partial charge in [0.25, 0.3) is 0 Å². The molecule has 0 saturated carbocycles. The smallest absolute Gasteiger partial charge is 0.416 e. The molecule has 1 N–H and O–H groups in total. The van der Waals surface area contributed by atoms with Crippen molar-refractivity contribution in [1.29, 1.82) is 0 Å². The zero-order valence-electron chi connectivity index (χ0n) is 18.9. The molecule has 0 aliphatic rings. The Morgan fingerprint density at radius 2 is 1.36 bits per heavy atom. The highest BCUT2D eigenvalue weighted by atomic mass is 19.4. The van der Waals surface area contributed by atoms with Gasteiger partial charge in [0, 0.05) is 5.69 Å². The number of nitrogens with one attached hydrogen (secondary N) is 1. The molecule has 0 radical (unpaired) electrons. The summed E-state index contributed by atoms with van der Waals surface area (Å²) < 4.78 is 96.1. The van der Waals surface area contributed by atoms with E-state index in [1.165, 1.54) is 33.5 Å². The third-order valence-electron chi connectivity index (χ3n) is 4.82. The molecule has 0 fully saturated rings. The van der Waals surface area contributed by atoms with Gasteiger partial charge in [-0.05, 0) is 35.9 Å². The van der Waals surface area contributed by atoms with Gasteiger partial charge >= 0.3 is 18.4 Å². The van der Waals surface area contributed by atoms with Crippen molar-refractivity contribution in [3.8, 4) is 17.2 Å². The molecule has 194 valence electrons.